The average Bonchev–Trinajstić information content (AvgIpc) is 2.85. The second kappa shape index (κ2) is 9.96. The lowest BCUT2D eigenvalue weighted by Crippen LogP contribution is -2.35. The van der Waals surface area contributed by atoms with Crippen LogP contribution in [-0.4, -0.2) is 40.1 Å². The van der Waals surface area contributed by atoms with Crippen molar-refractivity contribution in [3.63, 3.8) is 0 Å². The molecule has 3 aromatic carbocycles. The van der Waals surface area contributed by atoms with Crippen LogP contribution in [-0.2, 0) is 20.0 Å². The summed E-state index contributed by atoms with van der Waals surface area (Å²) in [5, 5.41) is 2.70. The Morgan fingerprint density at radius 1 is 0.706 bits per heavy atom. The first-order chi connectivity index (χ1) is 16.3. The standard InChI is InChI=1S/C24H25N3O5S2/c28-24(19-9-7-14-23(17-19)34(31,32)27-15-5-2-6-16-27)25-20-10-8-11-21(18-20)26-33(29,30)22-12-3-1-4-13-22/h1,3-4,7-14,17-18,26H,2,5-6,15-16H2,(H,25,28). The number of amides is 1. The summed E-state index contributed by atoms with van der Waals surface area (Å²) in [6, 6.07) is 20.2. The van der Waals surface area contributed by atoms with Crippen LogP contribution >= 0.6 is 0 Å². The van der Waals surface area contributed by atoms with Gasteiger partial charge in [0.15, 0.2) is 0 Å². The monoisotopic (exact) mass is 499 g/mol. The Balaban J connectivity index is 1.50. The fourth-order valence-electron chi connectivity index (χ4n) is 3.73. The van der Waals surface area contributed by atoms with E-state index in [9.17, 15) is 21.6 Å². The molecule has 1 aliphatic heterocycles. The molecule has 4 rings (SSSR count). The number of carbonyl (C=O) groups is 1. The van der Waals surface area contributed by atoms with Crippen LogP contribution in [0.3, 0.4) is 0 Å². The maximum Gasteiger partial charge on any atom is 0.261 e. The number of piperidine rings is 1. The lowest BCUT2D eigenvalue weighted by Gasteiger charge is -2.26. The van der Waals surface area contributed by atoms with Gasteiger partial charge in [0.1, 0.15) is 0 Å². The van der Waals surface area contributed by atoms with Crippen LogP contribution in [0.2, 0.25) is 0 Å². The maximum absolute atomic E-state index is 12.9. The van der Waals surface area contributed by atoms with Crippen molar-refractivity contribution in [1.29, 1.82) is 0 Å². The topological polar surface area (TPSA) is 113 Å². The smallest absolute Gasteiger partial charge is 0.261 e. The molecule has 0 aliphatic carbocycles. The zero-order chi connectivity index (χ0) is 24.2. The molecule has 0 unspecified atom stereocenters. The first-order valence-electron chi connectivity index (χ1n) is 10.9. The van der Waals surface area contributed by atoms with Crippen molar-refractivity contribution in [1.82, 2.24) is 4.31 Å². The van der Waals surface area contributed by atoms with Gasteiger partial charge in [0.2, 0.25) is 10.0 Å². The van der Waals surface area contributed by atoms with Gasteiger partial charge in [-0.3, -0.25) is 9.52 Å². The van der Waals surface area contributed by atoms with Crippen LogP contribution in [0.15, 0.2) is 88.7 Å². The molecule has 0 spiro atoms. The number of nitrogens with one attached hydrogen (secondary N) is 2. The minimum atomic E-state index is -3.78. The Morgan fingerprint density at radius 2 is 1.35 bits per heavy atom. The minimum absolute atomic E-state index is 0.0754. The lowest BCUT2D eigenvalue weighted by molar-refractivity contribution is 0.102. The highest BCUT2D eigenvalue weighted by molar-refractivity contribution is 7.92. The maximum atomic E-state index is 12.9. The molecule has 10 heteroatoms. The molecule has 34 heavy (non-hydrogen) atoms. The molecule has 0 aromatic heterocycles. The minimum Gasteiger partial charge on any atom is -0.322 e. The molecule has 1 amide bonds. The van der Waals surface area contributed by atoms with Gasteiger partial charge in [-0.15, -0.1) is 0 Å². The Hall–Kier alpha value is -3.21. The van der Waals surface area contributed by atoms with Crippen LogP contribution in [0.5, 0.6) is 0 Å². The van der Waals surface area contributed by atoms with E-state index < -0.39 is 26.0 Å². The SMILES string of the molecule is O=C(Nc1cccc(NS(=O)(=O)c2ccccc2)c1)c1cccc(S(=O)(=O)N2CCCCC2)c1. The molecule has 178 valence electrons. The average molecular weight is 500 g/mol. The quantitative estimate of drug-likeness (QED) is 0.512. The van der Waals surface area contributed by atoms with E-state index in [1.54, 1.807) is 36.4 Å². The van der Waals surface area contributed by atoms with Crippen LogP contribution in [0.4, 0.5) is 11.4 Å². The number of anilines is 2. The Bertz CT molecular complexity index is 1380. The predicted octanol–water partition coefficient (Wildman–Crippen LogP) is 3.91. The van der Waals surface area contributed by atoms with Crippen LogP contribution in [0.25, 0.3) is 0 Å². The highest BCUT2D eigenvalue weighted by Crippen LogP contribution is 2.23. The van der Waals surface area contributed by atoms with Crippen molar-refractivity contribution in [3.05, 3.63) is 84.4 Å². The van der Waals surface area contributed by atoms with Gasteiger partial charge in [0.25, 0.3) is 15.9 Å². The summed E-state index contributed by atoms with van der Waals surface area (Å²) in [6.45, 7) is 0.953. The van der Waals surface area contributed by atoms with E-state index in [0.29, 0.717) is 18.8 Å². The van der Waals surface area contributed by atoms with Gasteiger partial charge in [-0.2, -0.15) is 4.31 Å². The number of rotatable bonds is 7. The molecule has 0 bridgehead atoms. The van der Waals surface area contributed by atoms with Crippen molar-refractivity contribution in [2.24, 2.45) is 0 Å². The zero-order valence-electron chi connectivity index (χ0n) is 18.3. The number of nitrogens with zero attached hydrogens (tertiary/aromatic N) is 1. The first-order valence-corrected chi connectivity index (χ1v) is 13.8. The van der Waals surface area contributed by atoms with Gasteiger partial charge in [-0.1, -0.05) is 36.8 Å². The summed E-state index contributed by atoms with van der Waals surface area (Å²) in [4.78, 5) is 13.0. The molecule has 1 heterocycles. The molecule has 3 aromatic rings. The fraction of sp³-hybridized carbons (Fsp3) is 0.208. The second-order valence-corrected chi connectivity index (χ2v) is 11.6. The number of hydrogen-bond donors (Lipinski definition) is 2. The zero-order valence-corrected chi connectivity index (χ0v) is 20.0. The largest absolute Gasteiger partial charge is 0.322 e. The second-order valence-electron chi connectivity index (χ2n) is 7.95. The highest BCUT2D eigenvalue weighted by Gasteiger charge is 2.26. The predicted molar refractivity (Wildman–Crippen MR) is 131 cm³/mol. The van der Waals surface area contributed by atoms with E-state index in [4.69, 9.17) is 0 Å². The molecule has 0 radical (unpaired) electrons. The van der Waals surface area contributed by atoms with Crippen LogP contribution < -0.4 is 10.0 Å². The number of sulfonamides is 2. The van der Waals surface area contributed by atoms with Gasteiger partial charge in [-0.25, -0.2) is 16.8 Å². The van der Waals surface area contributed by atoms with Gasteiger partial charge in [0, 0.05) is 24.3 Å². The van der Waals surface area contributed by atoms with E-state index in [1.807, 2.05) is 0 Å². The lowest BCUT2D eigenvalue weighted by atomic mass is 10.2. The number of hydrogen-bond acceptors (Lipinski definition) is 5. The van der Waals surface area contributed by atoms with Crippen molar-refractivity contribution in [2.75, 3.05) is 23.1 Å². The van der Waals surface area contributed by atoms with Gasteiger partial charge < -0.3 is 5.32 Å². The molecular formula is C24H25N3O5S2. The molecule has 2 N–H and O–H groups in total. The summed E-state index contributed by atoms with van der Waals surface area (Å²) in [5.41, 5.74) is 0.832. The third kappa shape index (κ3) is 5.46. The normalized spacial score (nSPS) is 14.9. The fourth-order valence-corrected chi connectivity index (χ4v) is 6.36. The Labute approximate surface area is 199 Å². The van der Waals surface area contributed by atoms with E-state index in [2.05, 4.69) is 10.0 Å². The summed E-state index contributed by atoms with van der Waals surface area (Å²) < 4.78 is 54.9. The van der Waals surface area contributed by atoms with Crippen LogP contribution in [0.1, 0.15) is 29.6 Å². The van der Waals surface area contributed by atoms with Crippen molar-refractivity contribution < 1.29 is 21.6 Å². The van der Waals surface area contributed by atoms with E-state index in [-0.39, 0.29) is 21.0 Å². The number of carbonyl (C=O) groups excluding carboxylic acids is 1. The third-order valence-corrected chi connectivity index (χ3v) is 8.77. The molecule has 0 atom stereocenters. The highest BCUT2D eigenvalue weighted by atomic mass is 32.2. The van der Waals surface area contributed by atoms with Crippen molar-refractivity contribution in [3.8, 4) is 0 Å². The molecule has 8 nitrogen and oxygen atoms in total. The molecule has 1 saturated heterocycles. The summed E-state index contributed by atoms with van der Waals surface area (Å²) in [5.74, 6) is -0.501. The first kappa shape index (κ1) is 23.9. The van der Waals surface area contributed by atoms with E-state index in [1.165, 1.54) is 46.8 Å². The van der Waals surface area contributed by atoms with Gasteiger partial charge >= 0.3 is 0 Å². The van der Waals surface area contributed by atoms with Gasteiger partial charge in [-0.05, 0) is 61.4 Å². The summed E-state index contributed by atoms with van der Waals surface area (Å²) in [7, 11) is -7.45. The molecule has 1 aliphatic rings. The third-order valence-electron chi connectivity index (χ3n) is 5.48. The van der Waals surface area contributed by atoms with Crippen molar-refractivity contribution >= 4 is 37.3 Å². The van der Waals surface area contributed by atoms with E-state index >= 15 is 0 Å². The summed E-state index contributed by atoms with van der Waals surface area (Å²) >= 11 is 0. The van der Waals surface area contributed by atoms with Crippen molar-refractivity contribution in [2.45, 2.75) is 29.1 Å². The Kier molecular flexibility index (Phi) is 7.01. The van der Waals surface area contributed by atoms with Gasteiger partial charge in [0.05, 0.1) is 15.5 Å². The van der Waals surface area contributed by atoms with E-state index in [0.717, 1.165) is 19.3 Å². The Morgan fingerprint density at radius 3 is 2.09 bits per heavy atom. The molecule has 1 fully saturated rings. The molecule has 0 saturated carbocycles. The van der Waals surface area contributed by atoms with Crippen LogP contribution in [0, 0.1) is 0 Å². The summed E-state index contributed by atoms with van der Waals surface area (Å²) in [6.07, 6.45) is 2.66. The number of benzene rings is 3. The molecular weight excluding hydrogens is 474 g/mol.